The van der Waals surface area contributed by atoms with Crippen molar-refractivity contribution in [1.82, 2.24) is 5.06 Å². The lowest BCUT2D eigenvalue weighted by Crippen LogP contribution is -2.33. The number of ether oxygens (including phenoxy) is 1. The number of hydroxylamine groups is 2. The molecule has 1 heterocycles. The van der Waals surface area contributed by atoms with Gasteiger partial charge in [0.15, 0.2) is 0 Å². The largest absolute Gasteiger partial charge is 0.534 e. The van der Waals surface area contributed by atoms with Crippen molar-refractivity contribution in [3.63, 3.8) is 0 Å². The number of carbonyl (C=O) groups is 3. The minimum Gasteiger partial charge on any atom is -0.428 e. The number of nitrogens with two attached hydrogens (primary N) is 1. The van der Waals surface area contributed by atoms with E-state index in [4.69, 9.17) is 15.7 Å². The molecule has 21 heavy (non-hydrogen) atoms. The van der Waals surface area contributed by atoms with Crippen LogP contribution in [0.4, 0.5) is 4.79 Å². The average molecular weight is 297 g/mol. The molecule has 1 saturated heterocycles. The number of hydrogen-bond donors (Lipinski definition) is 1. The van der Waals surface area contributed by atoms with Gasteiger partial charge >= 0.3 is 6.16 Å². The highest BCUT2D eigenvalue weighted by Crippen LogP contribution is 2.15. The summed E-state index contributed by atoms with van der Waals surface area (Å²) in [5, 5.41) is 9.12. The van der Waals surface area contributed by atoms with Crippen LogP contribution in [-0.4, -0.2) is 35.7 Å². The Labute approximate surface area is 122 Å². The second-order valence-electron chi connectivity index (χ2n) is 4.66. The predicted octanol–water partition coefficient (Wildman–Crippen LogP) is 1.00. The predicted molar refractivity (Wildman–Crippen MR) is 70.2 cm³/mol. The highest BCUT2D eigenvalue weighted by molar-refractivity contribution is 6.01. The van der Waals surface area contributed by atoms with Crippen LogP contribution in [-0.2, 0) is 19.2 Å². The second kappa shape index (κ2) is 8.92. The fourth-order valence-corrected chi connectivity index (χ4v) is 1.89. The fourth-order valence-electron chi connectivity index (χ4n) is 1.89. The number of unbranched alkanes of at least 4 members (excludes halogenated alkanes) is 2. The topological polar surface area (TPSA) is 123 Å². The third kappa shape index (κ3) is 5.79. The van der Waals surface area contributed by atoms with Crippen molar-refractivity contribution >= 4 is 18.0 Å². The molecule has 1 atom stereocenters. The quantitative estimate of drug-likeness (QED) is 0.403. The summed E-state index contributed by atoms with van der Waals surface area (Å²) < 4.78 is 4.97. The van der Waals surface area contributed by atoms with Crippen LogP contribution in [0.3, 0.4) is 0 Å². The third-order valence-corrected chi connectivity index (χ3v) is 2.98. The Morgan fingerprint density at radius 3 is 2.52 bits per heavy atom. The van der Waals surface area contributed by atoms with Gasteiger partial charge in [-0.2, -0.15) is 5.26 Å². The molecule has 0 spiro atoms. The second-order valence-corrected chi connectivity index (χ2v) is 4.66. The molecule has 1 unspecified atom stereocenters. The van der Waals surface area contributed by atoms with E-state index in [-0.39, 0.29) is 19.3 Å². The minimum atomic E-state index is -1.14. The number of carbonyl (C=O) groups excluding carboxylic acids is 3. The average Bonchev–Trinajstić information content (AvgIpc) is 2.75. The van der Waals surface area contributed by atoms with Gasteiger partial charge in [-0.3, -0.25) is 14.4 Å². The minimum absolute atomic E-state index is 0.0207. The van der Waals surface area contributed by atoms with Gasteiger partial charge in [-0.1, -0.05) is 11.5 Å². The lowest BCUT2D eigenvalue weighted by molar-refractivity contribution is -0.178. The van der Waals surface area contributed by atoms with E-state index < -0.39 is 24.1 Å². The van der Waals surface area contributed by atoms with Gasteiger partial charge in [0.05, 0.1) is 12.5 Å². The molecule has 0 radical (unpaired) electrons. The van der Waals surface area contributed by atoms with E-state index in [0.29, 0.717) is 18.0 Å². The van der Waals surface area contributed by atoms with Crippen LogP contribution in [0.5, 0.6) is 0 Å². The highest BCUT2D eigenvalue weighted by Gasteiger charge is 2.33. The summed E-state index contributed by atoms with van der Waals surface area (Å²) in [7, 11) is 0. The molecule has 116 valence electrons. The molecule has 1 fully saturated rings. The summed E-state index contributed by atoms with van der Waals surface area (Å²) >= 11 is 0. The Hall–Kier alpha value is -2.14. The molecule has 1 rings (SSSR count). The maximum absolute atomic E-state index is 11.5. The Kier molecular flexibility index (Phi) is 7.18. The molecule has 0 aromatic rings. The Morgan fingerprint density at radius 1 is 1.29 bits per heavy atom. The van der Waals surface area contributed by atoms with Crippen molar-refractivity contribution in [3.05, 3.63) is 0 Å². The van der Waals surface area contributed by atoms with Gasteiger partial charge in [0.1, 0.15) is 6.10 Å². The molecule has 0 bridgehead atoms. The molecule has 0 aromatic carbocycles. The van der Waals surface area contributed by atoms with E-state index in [9.17, 15) is 14.4 Å². The van der Waals surface area contributed by atoms with Gasteiger partial charge in [-0.25, -0.2) is 4.79 Å². The van der Waals surface area contributed by atoms with Crippen molar-refractivity contribution in [2.24, 2.45) is 5.73 Å². The van der Waals surface area contributed by atoms with Crippen LogP contribution < -0.4 is 5.73 Å². The molecule has 1 aliphatic heterocycles. The molecule has 0 aliphatic carbocycles. The van der Waals surface area contributed by atoms with E-state index in [1.807, 2.05) is 6.07 Å². The van der Waals surface area contributed by atoms with Crippen molar-refractivity contribution in [3.8, 4) is 6.07 Å². The standard InChI is InChI=1S/C13H19N3O5/c14-8-3-1-2-4-10(7-9-15)20-13(19)21-16-11(17)5-6-12(16)18/h10H,1-8,14H2. The van der Waals surface area contributed by atoms with Gasteiger partial charge in [-0.05, 0) is 25.8 Å². The molecule has 0 saturated carbocycles. The smallest absolute Gasteiger partial charge is 0.428 e. The van der Waals surface area contributed by atoms with E-state index in [1.165, 1.54) is 0 Å². The molecule has 8 nitrogen and oxygen atoms in total. The summed E-state index contributed by atoms with van der Waals surface area (Å²) in [4.78, 5) is 38.7. The maximum Gasteiger partial charge on any atom is 0.534 e. The summed E-state index contributed by atoms with van der Waals surface area (Å²) in [5.41, 5.74) is 5.38. The zero-order chi connectivity index (χ0) is 15.7. The van der Waals surface area contributed by atoms with Crippen LogP contribution in [0.2, 0.25) is 0 Å². The zero-order valence-corrected chi connectivity index (χ0v) is 11.7. The highest BCUT2D eigenvalue weighted by atomic mass is 16.8. The number of nitriles is 1. The first-order valence-corrected chi connectivity index (χ1v) is 6.90. The molecule has 2 amide bonds. The molecule has 2 N–H and O–H groups in total. The summed E-state index contributed by atoms with van der Waals surface area (Å²) in [6, 6.07) is 1.92. The first-order valence-electron chi connectivity index (χ1n) is 6.90. The van der Waals surface area contributed by atoms with Crippen LogP contribution in [0.25, 0.3) is 0 Å². The monoisotopic (exact) mass is 297 g/mol. The fraction of sp³-hybridized carbons (Fsp3) is 0.692. The van der Waals surface area contributed by atoms with Crippen molar-refractivity contribution in [2.45, 2.75) is 51.0 Å². The summed E-state index contributed by atoms with van der Waals surface area (Å²) in [6.07, 6.45) is 1.31. The Bertz CT molecular complexity index is 416. The van der Waals surface area contributed by atoms with Gasteiger partial charge in [0.25, 0.3) is 11.8 Å². The van der Waals surface area contributed by atoms with E-state index in [1.54, 1.807) is 0 Å². The Morgan fingerprint density at radius 2 is 1.95 bits per heavy atom. The van der Waals surface area contributed by atoms with Crippen molar-refractivity contribution in [2.75, 3.05) is 6.54 Å². The van der Waals surface area contributed by atoms with E-state index in [2.05, 4.69) is 4.84 Å². The van der Waals surface area contributed by atoms with Crippen molar-refractivity contribution in [1.29, 1.82) is 5.26 Å². The molecular weight excluding hydrogens is 278 g/mol. The first kappa shape index (κ1) is 16.9. The number of amides is 2. The van der Waals surface area contributed by atoms with Crippen LogP contribution in [0.15, 0.2) is 0 Å². The van der Waals surface area contributed by atoms with Gasteiger partial charge < -0.3 is 10.5 Å². The maximum atomic E-state index is 11.5. The van der Waals surface area contributed by atoms with Gasteiger partial charge in [0, 0.05) is 12.8 Å². The van der Waals surface area contributed by atoms with Crippen LogP contribution in [0, 0.1) is 11.3 Å². The summed E-state index contributed by atoms with van der Waals surface area (Å²) in [5.74, 6) is -1.14. The third-order valence-electron chi connectivity index (χ3n) is 2.98. The lowest BCUT2D eigenvalue weighted by Gasteiger charge is -2.17. The van der Waals surface area contributed by atoms with Crippen LogP contribution >= 0.6 is 0 Å². The molecular formula is C13H19N3O5. The van der Waals surface area contributed by atoms with Gasteiger partial charge in [0.2, 0.25) is 0 Å². The SMILES string of the molecule is N#CCC(CCCCCN)OC(=O)ON1C(=O)CCC1=O. The van der Waals surface area contributed by atoms with E-state index in [0.717, 1.165) is 19.3 Å². The number of imide groups is 1. The first-order chi connectivity index (χ1) is 10.1. The zero-order valence-electron chi connectivity index (χ0n) is 11.7. The lowest BCUT2D eigenvalue weighted by atomic mass is 10.1. The number of rotatable bonds is 8. The van der Waals surface area contributed by atoms with Crippen LogP contribution in [0.1, 0.15) is 44.9 Å². The molecule has 1 aliphatic rings. The Balaban J connectivity index is 2.39. The number of nitrogens with zero attached hydrogens (tertiary/aromatic N) is 2. The van der Waals surface area contributed by atoms with E-state index >= 15 is 0 Å². The summed E-state index contributed by atoms with van der Waals surface area (Å²) in [6.45, 7) is 0.588. The van der Waals surface area contributed by atoms with Crippen molar-refractivity contribution < 1.29 is 24.0 Å². The normalized spacial score (nSPS) is 15.7. The molecule has 8 heteroatoms. The van der Waals surface area contributed by atoms with Gasteiger partial charge in [-0.15, -0.1) is 0 Å². The number of hydrogen-bond acceptors (Lipinski definition) is 7. The molecule has 0 aromatic heterocycles.